The van der Waals surface area contributed by atoms with Crippen LogP contribution in [0.15, 0.2) is 24.3 Å². The number of amides is 2. The molecule has 0 bridgehead atoms. The van der Waals surface area contributed by atoms with Crippen LogP contribution in [0, 0.1) is 0 Å². The van der Waals surface area contributed by atoms with Crippen molar-refractivity contribution in [2.75, 3.05) is 26.9 Å². The van der Waals surface area contributed by atoms with E-state index in [2.05, 4.69) is 15.4 Å². The van der Waals surface area contributed by atoms with Gasteiger partial charge in [0.05, 0.1) is 13.7 Å². The van der Waals surface area contributed by atoms with Crippen LogP contribution >= 0.6 is 0 Å². The number of rotatable bonds is 8. The Bertz CT molecular complexity index is 518. The minimum Gasteiger partial charge on any atom is -0.497 e. The molecule has 0 aliphatic rings. The molecule has 1 rings (SSSR count). The zero-order chi connectivity index (χ0) is 17.3. The third-order valence-corrected chi connectivity index (χ3v) is 2.59. The Balaban J connectivity index is 2.19. The molecule has 0 aliphatic carbocycles. The molecule has 2 amide bonds. The number of hydrogen-bond acceptors (Lipinski definition) is 4. The van der Waals surface area contributed by atoms with Crippen molar-refractivity contribution in [3.63, 3.8) is 0 Å². The van der Waals surface area contributed by atoms with Crippen molar-refractivity contribution in [3.8, 4) is 5.75 Å². The number of nitrogens with one attached hydrogen (secondary N) is 2. The van der Waals surface area contributed by atoms with Crippen molar-refractivity contribution in [2.45, 2.75) is 12.7 Å². The van der Waals surface area contributed by atoms with Crippen LogP contribution in [0.5, 0.6) is 5.75 Å². The molecular weight excluding hydrogens is 317 g/mol. The summed E-state index contributed by atoms with van der Waals surface area (Å²) in [6.45, 7) is -2.36. The highest BCUT2D eigenvalue weighted by Crippen LogP contribution is 2.14. The Hall–Kier alpha value is -2.29. The number of benzene rings is 1. The number of ether oxygens (including phenoxy) is 2. The van der Waals surface area contributed by atoms with Crippen molar-refractivity contribution in [2.24, 2.45) is 0 Å². The average Bonchev–Trinajstić information content (AvgIpc) is 2.50. The molecule has 0 radical (unpaired) electrons. The zero-order valence-corrected chi connectivity index (χ0v) is 12.4. The summed E-state index contributed by atoms with van der Waals surface area (Å²) >= 11 is 0. The molecule has 2 N–H and O–H groups in total. The topological polar surface area (TPSA) is 76.7 Å². The minimum absolute atomic E-state index is 0.253. The molecule has 0 aromatic heterocycles. The van der Waals surface area contributed by atoms with Crippen molar-refractivity contribution >= 4 is 11.8 Å². The van der Waals surface area contributed by atoms with Gasteiger partial charge in [0, 0.05) is 6.54 Å². The normalized spacial score (nSPS) is 11.0. The van der Waals surface area contributed by atoms with Crippen molar-refractivity contribution in [1.29, 1.82) is 0 Å². The van der Waals surface area contributed by atoms with E-state index in [0.29, 0.717) is 5.75 Å². The Kier molecular flexibility index (Phi) is 7.33. The third-order valence-electron chi connectivity index (χ3n) is 2.59. The number of alkyl halides is 3. The van der Waals surface area contributed by atoms with Crippen LogP contribution in [0.25, 0.3) is 0 Å². The van der Waals surface area contributed by atoms with E-state index in [-0.39, 0.29) is 13.1 Å². The van der Waals surface area contributed by atoms with Crippen LogP contribution in [0.2, 0.25) is 0 Å². The second-order valence-electron chi connectivity index (χ2n) is 4.51. The first-order chi connectivity index (χ1) is 10.8. The molecule has 1 aromatic rings. The van der Waals surface area contributed by atoms with Crippen LogP contribution in [-0.2, 0) is 20.9 Å². The highest BCUT2D eigenvalue weighted by atomic mass is 19.4. The second kappa shape index (κ2) is 8.99. The lowest BCUT2D eigenvalue weighted by molar-refractivity contribution is -0.175. The Morgan fingerprint density at radius 3 is 2.30 bits per heavy atom. The molecule has 0 saturated carbocycles. The summed E-state index contributed by atoms with van der Waals surface area (Å²) in [6, 6.07) is 7.01. The number of halogens is 3. The van der Waals surface area contributed by atoms with E-state index in [4.69, 9.17) is 4.74 Å². The van der Waals surface area contributed by atoms with Gasteiger partial charge >= 0.3 is 6.18 Å². The summed E-state index contributed by atoms with van der Waals surface area (Å²) < 4.78 is 44.6. The van der Waals surface area contributed by atoms with Gasteiger partial charge in [-0.2, -0.15) is 13.2 Å². The molecule has 0 unspecified atom stereocenters. The standard InChI is InChI=1S/C14H17F3N2O4/c1-22-11-4-2-10(3-5-11)6-18-12(20)7-19-13(21)8-23-9-14(15,16)17/h2-5H,6-9H2,1H3,(H,18,20)(H,19,21). The van der Waals surface area contributed by atoms with E-state index in [1.165, 1.54) is 7.11 Å². The van der Waals surface area contributed by atoms with Gasteiger partial charge in [-0.1, -0.05) is 12.1 Å². The SMILES string of the molecule is COc1ccc(CNC(=O)CNC(=O)COCC(F)(F)F)cc1. The molecule has 0 spiro atoms. The summed E-state index contributed by atoms with van der Waals surface area (Å²) in [5, 5.41) is 4.72. The Labute approximate surface area is 130 Å². The van der Waals surface area contributed by atoms with Gasteiger partial charge in [-0.15, -0.1) is 0 Å². The van der Waals surface area contributed by atoms with Gasteiger partial charge in [-0.3, -0.25) is 9.59 Å². The maximum absolute atomic E-state index is 11.8. The molecule has 23 heavy (non-hydrogen) atoms. The zero-order valence-electron chi connectivity index (χ0n) is 12.4. The molecule has 0 fully saturated rings. The van der Waals surface area contributed by atoms with Crippen LogP contribution < -0.4 is 15.4 Å². The van der Waals surface area contributed by atoms with Gasteiger partial charge in [0.15, 0.2) is 0 Å². The molecule has 0 heterocycles. The summed E-state index contributed by atoms with van der Waals surface area (Å²) in [5.41, 5.74) is 0.832. The van der Waals surface area contributed by atoms with E-state index in [0.717, 1.165) is 5.56 Å². The molecule has 128 valence electrons. The predicted octanol–water partition coefficient (Wildman–Crippen LogP) is 1.01. The molecular formula is C14H17F3N2O4. The first-order valence-electron chi connectivity index (χ1n) is 6.61. The summed E-state index contributed by atoms with van der Waals surface area (Å²) in [5.74, 6) is -0.579. The molecule has 0 atom stereocenters. The highest BCUT2D eigenvalue weighted by Gasteiger charge is 2.27. The highest BCUT2D eigenvalue weighted by molar-refractivity contribution is 5.85. The van der Waals surface area contributed by atoms with Gasteiger partial charge in [0.1, 0.15) is 19.0 Å². The molecule has 1 aromatic carbocycles. The lowest BCUT2D eigenvalue weighted by Crippen LogP contribution is -2.38. The summed E-state index contributed by atoms with van der Waals surface area (Å²) in [4.78, 5) is 22.7. The van der Waals surface area contributed by atoms with E-state index < -0.39 is 31.2 Å². The monoisotopic (exact) mass is 334 g/mol. The van der Waals surface area contributed by atoms with Crippen molar-refractivity contribution < 1.29 is 32.2 Å². The van der Waals surface area contributed by atoms with E-state index in [9.17, 15) is 22.8 Å². The number of hydrogen-bond donors (Lipinski definition) is 2. The maximum Gasteiger partial charge on any atom is 0.411 e. The van der Waals surface area contributed by atoms with Crippen LogP contribution in [0.3, 0.4) is 0 Å². The quantitative estimate of drug-likeness (QED) is 0.744. The fourth-order valence-electron chi connectivity index (χ4n) is 1.50. The fourth-order valence-corrected chi connectivity index (χ4v) is 1.50. The average molecular weight is 334 g/mol. The molecule has 6 nitrogen and oxygen atoms in total. The van der Waals surface area contributed by atoms with Crippen LogP contribution in [0.4, 0.5) is 13.2 Å². The first kappa shape index (κ1) is 18.8. The summed E-state index contributed by atoms with van der Waals surface area (Å²) in [7, 11) is 1.54. The number of carbonyl (C=O) groups excluding carboxylic acids is 2. The third kappa shape index (κ3) is 8.67. The van der Waals surface area contributed by atoms with Gasteiger partial charge in [0.2, 0.25) is 11.8 Å². The molecule has 0 saturated heterocycles. The lowest BCUT2D eigenvalue weighted by atomic mass is 10.2. The second-order valence-corrected chi connectivity index (χ2v) is 4.51. The van der Waals surface area contributed by atoms with Gasteiger partial charge in [0.25, 0.3) is 0 Å². The minimum atomic E-state index is -4.49. The van der Waals surface area contributed by atoms with E-state index >= 15 is 0 Å². The van der Waals surface area contributed by atoms with Crippen LogP contribution in [-0.4, -0.2) is 44.9 Å². The molecule has 9 heteroatoms. The van der Waals surface area contributed by atoms with E-state index in [1.54, 1.807) is 24.3 Å². The van der Waals surface area contributed by atoms with Crippen LogP contribution in [0.1, 0.15) is 5.56 Å². The number of methoxy groups -OCH3 is 1. The van der Waals surface area contributed by atoms with Gasteiger partial charge in [-0.25, -0.2) is 0 Å². The van der Waals surface area contributed by atoms with Crippen molar-refractivity contribution in [1.82, 2.24) is 10.6 Å². The predicted molar refractivity (Wildman–Crippen MR) is 74.7 cm³/mol. The largest absolute Gasteiger partial charge is 0.497 e. The first-order valence-corrected chi connectivity index (χ1v) is 6.61. The fraction of sp³-hybridized carbons (Fsp3) is 0.429. The summed E-state index contributed by atoms with van der Waals surface area (Å²) in [6.07, 6.45) is -4.49. The maximum atomic E-state index is 11.8. The smallest absolute Gasteiger partial charge is 0.411 e. The number of carbonyl (C=O) groups is 2. The Morgan fingerprint density at radius 2 is 1.74 bits per heavy atom. The van der Waals surface area contributed by atoms with Gasteiger partial charge < -0.3 is 20.1 Å². The van der Waals surface area contributed by atoms with Crippen molar-refractivity contribution in [3.05, 3.63) is 29.8 Å². The molecule has 0 aliphatic heterocycles. The van der Waals surface area contributed by atoms with Gasteiger partial charge in [-0.05, 0) is 17.7 Å². The van der Waals surface area contributed by atoms with E-state index in [1.807, 2.05) is 0 Å². The Morgan fingerprint density at radius 1 is 1.09 bits per heavy atom. The lowest BCUT2D eigenvalue weighted by Gasteiger charge is -2.09.